The third kappa shape index (κ3) is 2.39. The van der Waals surface area contributed by atoms with Gasteiger partial charge < -0.3 is 0 Å². The van der Waals surface area contributed by atoms with Gasteiger partial charge in [0.2, 0.25) is 0 Å². The molecule has 0 aliphatic carbocycles. The van der Waals surface area contributed by atoms with Crippen molar-refractivity contribution in [3.63, 3.8) is 0 Å². The smallest absolute Gasteiger partial charge is 0.206 e. The molecule has 0 nitrogen and oxygen atoms in total. The Morgan fingerprint density at radius 1 is 1.33 bits per heavy atom. The van der Waals surface area contributed by atoms with Crippen LogP contribution in [0.25, 0.3) is 0 Å². The molecule has 0 aliphatic rings. The Labute approximate surface area is 93.6 Å². The van der Waals surface area contributed by atoms with Crippen molar-refractivity contribution in [2.45, 2.75) is 18.0 Å². The van der Waals surface area contributed by atoms with Crippen molar-refractivity contribution < 1.29 is 17.6 Å². The molecule has 0 spiro atoms. The highest BCUT2D eigenvalue weighted by molar-refractivity contribution is 7.98. The van der Waals surface area contributed by atoms with Crippen molar-refractivity contribution in [3.8, 4) is 0 Å². The molecule has 0 aliphatic heterocycles. The summed E-state index contributed by atoms with van der Waals surface area (Å²) in [5.41, 5.74) is -1.38. The summed E-state index contributed by atoms with van der Waals surface area (Å²) in [4.78, 5) is 0.335. The minimum absolute atomic E-state index is 0.0673. The number of halogens is 5. The van der Waals surface area contributed by atoms with Crippen LogP contribution in [0.2, 0.25) is 5.02 Å². The molecule has 15 heavy (non-hydrogen) atoms. The van der Waals surface area contributed by atoms with Crippen LogP contribution in [0.5, 0.6) is 0 Å². The largest absolute Gasteiger partial charge is 0.419 e. The van der Waals surface area contributed by atoms with E-state index in [9.17, 15) is 17.6 Å². The van der Waals surface area contributed by atoms with Gasteiger partial charge in [0, 0.05) is 10.5 Å². The Balaban J connectivity index is 3.48. The van der Waals surface area contributed by atoms with Crippen LogP contribution < -0.4 is 0 Å². The van der Waals surface area contributed by atoms with E-state index in [0.29, 0.717) is 11.0 Å². The number of rotatable bonds is 1. The average Bonchev–Trinajstić information content (AvgIpc) is 2.10. The van der Waals surface area contributed by atoms with E-state index in [4.69, 9.17) is 11.6 Å². The number of hydrogen-bond acceptors (Lipinski definition) is 1. The Morgan fingerprint density at radius 3 is 2.27 bits per heavy atom. The van der Waals surface area contributed by atoms with Crippen LogP contribution in [0.1, 0.15) is 11.1 Å². The van der Waals surface area contributed by atoms with Crippen LogP contribution in [0.4, 0.5) is 17.6 Å². The summed E-state index contributed by atoms with van der Waals surface area (Å²) >= 11 is 6.74. The van der Waals surface area contributed by atoms with Crippen LogP contribution in [0, 0.1) is 12.7 Å². The summed E-state index contributed by atoms with van der Waals surface area (Å²) in [6, 6.07) is 0.621. The maximum absolute atomic E-state index is 13.3. The van der Waals surface area contributed by atoms with Gasteiger partial charge in [0.25, 0.3) is 0 Å². The van der Waals surface area contributed by atoms with E-state index in [-0.39, 0.29) is 10.6 Å². The molecular weight excluding hydrogens is 252 g/mol. The summed E-state index contributed by atoms with van der Waals surface area (Å²) in [5.74, 6) is -1.25. The second-order valence-corrected chi connectivity index (χ2v) is 4.10. The number of alkyl halides is 3. The minimum Gasteiger partial charge on any atom is -0.206 e. The lowest BCUT2D eigenvalue weighted by molar-refractivity contribution is -0.140. The summed E-state index contributed by atoms with van der Waals surface area (Å²) in [6.45, 7) is 1.28. The van der Waals surface area contributed by atoms with E-state index in [0.717, 1.165) is 11.8 Å². The highest BCUT2D eigenvalue weighted by atomic mass is 35.5. The zero-order chi connectivity index (χ0) is 11.8. The lowest BCUT2D eigenvalue weighted by atomic mass is 10.1. The van der Waals surface area contributed by atoms with Crippen LogP contribution in [-0.2, 0) is 6.18 Å². The first-order valence-corrected chi connectivity index (χ1v) is 5.49. The fourth-order valence-electron chi connectivity index (χ4n) is 1.19. The van der Waals surface area contributed by atoms with E-state index in [1.807, 2.05) is 0 Å². The van der Waals surface area contributed by atoms with E-state index in [1.54, 1.807) is 6.26 Å². The Bertz CT molecular complexity index is 387. The van der Waals surface area contributed by atoms with Crippen molar-refractivity contribution >= 4 is 23.4 Å². The summed E-state index contributed by atoms with van der Waals surface area (Å²) in [5, 5.41) is -0.0753. The van der Waals surface area contributed by atoms with Crippen LogP contribution in [0.3, 0.4) is 0 Å². The molecular formula is C9H7ClF4S. The molecule has 0 atom stereocenters. The first-order chi connectivity index (χ1) is 6.79. The highest BCUT2D eigenvalue weighted by Gasteiger charge is 2.35. The van der Waals surface area contributed by atoms with Crippen molar-refractivity contribution in [3.05, 3.63) is 28.0 Å². The second kappa shape index (κ2) is 4.22. The summed E-state index contributed by atoms with van der Waals surface area (Å²) < 4.78 is 50.3. The Hall–Kier alpha value is -0.420. The molecule has 6 heteroatoms. The molecule has 0 bridgehead atoms. The topological polar surface area (TPSA) is 0 Å². The molecule has 0 amide bonds. The normalized spacial score (nSPS) is 11.9. The van der Waals surface area contributed by atoms with Gasteiger partial charge in [-0.3, -0.25) is 0 Å². The lowest BCUT2D eigenvalue weighted by Crippen LogP contribution is -2.10. The maximum Gasteiger partial charge on any atom is 0.419 e. The molecule has 1 rings (SSSR count). The molecule has 0 saturated carbocycles. The Kier molecular flexibility index (Phi) is 3.55. The Morgan fingerprint density at radius 2 is 1.87 bits per heavy atom. The minimum atomic E-state index is -4.71. The lowest BCUT2D eigenvalue weighted by Gasteiger charge is -2.13. The molecule has 0 N–H and O–H groups in total. The number of hydrogen-bond donors (Lipinski definition) is 0. The van der Waals surface area contributed by atoms with Crippen LogP contribution in [0.15, 0.2) is 11.0 Å². The van der Waals surface area contributed by atoms with E-state index < -0.39 is 17.6 Å². The van der Waals surface area contributed by atoms with Crippen molar-refractivity contribution in [2.24, 2.45) is 0 Å². The van der Waals surface area contributed by atoms with Gasteiger partial charge >= 0.3 is 6.18 Å². The van der Waals surface area contributed by atoms with E-state index in [1.165, 1.54) is 6.92 Å². The van der Waals surface area contributed by atoms with Gasteiger partial charge in [0.1, 0.15) is 5.82 Å². The molecule has 0 unspecified atom stereocenters. The van der Waals surface area contributed by atoms with Crippen LogP contribution >= 0.6 is 23.4 Å². The molecule has 1 aromatic rings. The SMILES string of the molecule is CSc1c(Cl)cc(C(F)(F)F)c(F)c1C. The molecule has 0 aromatic heterocycles. The zero-order valence-corrected chi connectivity index (χ0v) is 9.45. The van der Waals surface area contributed by atoms with Gasteiger partial charge in [0.15, 0.2) is 0 Å². The molecule has 0 radical (unpaired) electrons. The van der Waals surface area contributed by atoms with Gasteiger partial charge in [-0.25, -0.2) is 4.39 Å². The first kappa shape index (κ1) is 12.6. The fourth-order valence-corrected chi connectivity index (χ4v) is 2.33. The standard InChI is InChI=1S/C9H7ClF4S/c1-4-7(11)5(9(12,13)14)3-6(10)8(4)15-2/h3H,1-2H3. The van der Waals surface area contributed by atoms with Crippen molar-refractivity contribution in [1.82, 2.24) is 0 Å². The maximum atomic E-state index is 13.3. The fraction of sp³-hybridized carbons (Fsp3) is 0.333. The van der Waals surface area contributed by atoms with Gasteiger partial charge in [-0.15, -0.1) is 11.8 Å². The van der Waals surface area contributed by atoms with E-state index in [2.05, 4.69) is 0 Å². The number of benzene rings is 1. The van der Waals surface area contributed by atoms with E-state index >= 15 is 0 Å². The predicted octanol–water partition coefficient (Wildman–Crippen LogP) is 4.53. The number of thioether (sulfide) groups is 1. The molecule has 1 aromatic carbocycles. The van der Waals surface area contributed by atoms with Crippen molar-refractivity contribution in [2.75, 3.05) is 6.26 Å². The third-order valence-electron chi connectivity index (χ3n) is 1.90. The van der Waals surface area contributed by atoms with Crippen molar-refractivity contribution in [1.29, 1.82) is 0 Å². The van der Waals surface area contributed by atoms with Gasteiger partial charge in [-0.2, -0.15) is 13.2 Å². The second-order valence-electron chi connectivity index (χ2n) is 2.88. The van der Waals surface area contributed by atoms with Gasteiger partial charge in [0.05, 0.1) is 10.6 Å². The highest BCUT2D eigenvalue weighted by Crippen LogP contribution is 2.39. The average molecular weight is 259 g/mol. The quantitative estimate of drug-likeness (QED) is 0.527. The first-order valence-electron chi connectivity index (χ1n) is 3.88. The third-order valence-corrected chi connectivity index (χ3v) is 3.25. The molecule has 0 saturated heterocycles. The van der Waals surface area contributed by atoms with Gasteiger partial charge in [-0.05, 0) is 19.2 Å². The summed E-state index contributed by atoms with van der Waals surface area (Å²) in [6.07, 6.45) is -3.09. The monoisotopic (exact) mass is 258 g/mol. The van der Waals surface area contributed by atoms with Crippen LogP contribution in [-0.4, -0.2) is 6.26 Å². The predicted molar refractivity (Wildman–Crippen MR) is 52.9 cm³/mol. The summed E-state index contributed by atoms with van der Waals surface area (Å²) in [7, 11) is 0. The molecule has 84 valence electrons. The van der Waals surface area contributed by atoms with Gasteiger partial charge in [-0.1, -0.05) is 11.6 Å². The zero-order valence-electron chi connectivity index (χ0n) is 7.88. The molecule has 0 heterocycles. The molecule has 0 fully saturated rings.